The molecule has 0 bridgehead atoms. The highest BCUT2D eigenvalue weighted by Gasteiger charge is 2.23. The van der Waals surface area contributed by atoms with E-state index in [4.69, 9.17) is 4.74 Å². The molecule has 0 saturated carbocycles. The standard InChI is InChI=1S/C21H22N6O2/c1-12-8-22-5-4-17(12)27-20-15-6-14(13-9-24-25-10-13)19(29-3)7-16(15)23-11-18(20)26(2)21(27)28/h4-8,11,13,24-25H,9-10H2,1-3H3. The Labute approximate surface area is 167 Å². The van der Waals surface area contributed by atoms with Crippen LogP contribution in [0, 0.1) is 6.92 Å². The molecule has 0 radical (unpaired) electrons. The molecule has 0 unspecified atom stereocenters. The maximum Gasteiger partial charge on any atom is 0.333 e. The van der Waals surface area contributed by atoms with E-state index in [-0.39, 0.29) is 11.6 Å². The average Bonchev–Trinajstić information content (AvgIpc) is 3.35. The summed E-state index contributed by atoms with van der Waals surface area (Å²) in [6, 6.07) is 5.95. The van der Waals surface area contributed by atoms with Gasteiger partial charge in [-0.15, -0.1) is 0 Å². The van der Waals surface area contributed by atoms with Crippen LogP contribution in [-0.4, -0.2) is 39.3 Å². The minimum absolute atomic E-state index is 0.106. The van der Waals surface area contributed by atoms with Gasteiger partial charge in [-0.25, -0.2) is 4.79 Å². The number of imidazole rings is 1. The molecule has 4 aromatic rings. The predicted octanol–water partition coefficient (Wildman–Crippen LogP) is 1.78. The maximum absolute atomic E-state index is 13.2. The van der Waals surface area contributed by atoms with Gasteiger partial charge in [0.2, 0.25) is 0 Å². The van der Waals surface area contributed by atoms with Gasteiger partial charge < -0.3 is 4.74 Å². The average molecular weight is 390 g/mol. The first-order chi connectivity index (χ1) is 14.1. The number of benzene rings is 1. The molecule has 4 heterocycles. The molecule has 1 aromatic carbocycles. The van der Waals surface area contributed by atoms with E-state index in [0.29, 0.717) is 0 Å². The molecule has 2 N–H and O–H groups in total. The van der Waals surface area contributed by atoms with Crippen molar-refractivity contribution in [2.45, 2.75) is 12.8 Å². The summed E-state index contributed by atoms with van der Waals surface area (Å²) < 4.78 is 9.07. The van der Waals surface area contributed by atoms with Crippen molar-refractivity contribution < 1.29 is 4.74 Å². The number of rotatable bonds is 3. The van der Waals surface area contributed by atoms with Crippen molar-refractivity contribution in [3.63, 3.8) is 0 Å². The second-order valence-corrected chi connectivity index (χ2v) is 7.40. The molecule has 1 aliphatic heterocycles. The van der Waals surface area contributed by atoms with Gasteiger partial charge in [-0.1, -0.05) is 0 Å². The highest BCUT2D eigenvalue weighted by molar-refractivity contribution is 6.04. The highest BCUT2D eigenvalue weighted by atomic mass is 16.5. The molecule has 1 fully saturated rings. The van der Waals surface area contributed by atoms with Crippen LogP contribution in [-0.2, 0) is 7.05 Å². The Morgan fingerprint density at radius 3 is 2.72 bits per heavy atom. The second kappa shape index (κ2) is 6.68. The topological polar surface area (TPSA) is 86.0 Å². The summed E-state index contributed by atoms with van der Waals surface area (Å²) >= 11 is 0. The molecule has 0 spiro atoms. The number of hydrogen-bond donors (Lipinski definition) is 2. The Morgan fingerprint density at radius 1 is 1.21 bits per heavy atom. The zero-order valence-corrected chi connectivity index (χ0v) is 16.6. The van der Waals surface area contributed by atoms with Gasteiger partial charge in [0.05, 0.1) is 35.5 Å². The number of fused-ring (bicyclic) bond motifs is 3. The maximum atomic E-state index is 13.2. The number of methoxy groups -OCH3 is 1. The van der Waals surface area contributed by atoms with Crippen molar-refractivity contribution in [3.05, 3.63) is 58.4 Å². The number of aryl methyl sites for hydroxylation is 2. The Morgan fingerprint density at radius 2 is 2.00 bits per heavy atom. The van der Waals surface area contributed by atoms with Gasteiger partial charge in [-0.2, -0.15) is 0 Å². The van der Waals surface area contributed by atoms with Crippen molar-refractivity contribution in [3.8, 4) is 11.4 Å². The zero-order valence-electron chi connectivity index (χ0n) is 16.6. The molecule has 8 nitrogen and oxygen atoms in total. The molecular weight excluding hydrogens is 368 g/mol. The fourth-order valence-corrected chi connectivity index (χ4v) is 4.16. The minimum atomic E-state index is -0.106. The second-order valence-electron chi connectivity index (χ2n) is 7.40. The SMILES string of the molecule is COc1cc2ncc3c(c2cc1C1CNNC1)n(-c1ccncc1C)c(=O)n3C. The van der Waals surface area contributed by atoms with Gasteiger partial charge in [0.1, 0.15) is 5.75 Å². The van der Waals surface area contributed by atoms with E-state index in [1.54, 1.807) is 41.9 Å². The van der Waals surface area contributed by atoms with Crippen LogP contribution in [0.25, 0.3) is 27.6 Å². The van der Waals surface area contributed by atoms with E-state index in [0.717, 1.165) is 57.6 Å². The van der Waals surface area contributed by atoms with Crippen molar-refractivity contribution in [2.24, 2.45) is 7.05 Å². The van der Waals surface area contributed by atoms with Gasteiger partial charge in [-0.3, -0.25) is 30.0 Å². The van der Waals surface area contributed by atoms with Crippen LogP contribution >= 0.6 is 0 Å². The Bertz CT molecular complexity index is 1300. The lowest BCUT2D eigenvalue weighted by Crippen LogP contribution is -2.21. The third-order valence-corrected chi connectivity index (χ3v) is 5.73. The zero-order chi connectivity index (χ0) is 20.1. The Hall–Kier alpha value is -3.23. The Balaban J connectivity index is 1.91. The summed E-state index contributed by atoms with van der Waals surface area (Å²) in [5.41, 5.74) is 11.5. The van der Waals surface area contributed by atoms with Crippen LogP contribution < -0.4 is 21.3 Å². The molecular formula is C21H22N6O2. The molecule has 0 atom stereocenters. The van der Waals surface area contributed by atoms with Gasteiger partial charge in [0.25, 0.3) is 0 Å². The molecule has 1 saturated heterocycles. The smallest absolute Gasteiger partial charge is 0.333 e. The molecule has 148 valence electrons. The van der Waals surface area contributed by atoms with E-state index in [1.165, 1.54) is 0 Å². The van der Waals surface area contributed by atoms with E-state index in [9.17, 15) is 4.79 Å². The van der Waals surface area contributed by atoms with Crippen LogP contribution in [0.15, 0.2) is 41.6 Å². The molecule has 0 amide bonds. The number of ether oxygens (including phenoxy) is 1. The number of aromatic nitrogens is 4. The lowest BCUT2D eigenvalue weighted by Gasteiger charge is -2.15. The van der Waals surface area contributed by atoms with Crippen LogP contribution in [0.3, 0.4) is 0 Å². The summed E-state index contributed by atoms with van der Waals surface area (Å²) in [7, 11) is 3.46. The first-order valence-corrected chi connectivity index (χ1v) is 9.55. The van der Waals surface area contributed by atoms with Crippen LogP contribution in [0.1, 0.15) is 17.0 Å². The number of nitrogens with zero attached hydrogens (tertiary/aromatic N) is 4. The van der Waals surface area contributed by atoms with E-state index in [1.807, 2.05) is 19.1 Å². The summed E-state index contributed by atoms with van der Waals surface area (Å²) in [5.74, 6) is 1.08. The summed E-state index contributed by atoms with van der Waals surface area (Å²) in [6.07, 6.45) is 5.24. The third-order valence-electron chi connectivity index (χ3n) is 5.73. The quantitative estimate of drug-likeness (QED) is 0.555. The normalized spacial score (nSPS) is 14.9. The molecule has 8 heteroatoms. The van der Waals surface area contributed by atoms with Gasteiger partial charge >= 0.3 is 5.69 Å². The molecule has 3 aromatic heterocycles. The van der Waals surface area contributed by atoms with Gasteiger partial charge in [0, 0.05) is 55.5 Å². The van der Waals surface area contributed by atoms with Gasteiger partial charge in [0.15, 0.2) is 0 Å². The highest BCUT2D eigenvalue weighted by Crippen LogP contribution is 2.35. The molecule has 1 aliphatic rings. The fraction of sp³-hybridized carbons (Fsp3) is 0.286. The number of nitrogens with one attached hydrogen (secondary N) is 2. The lowest BCUT2D eigenvalue weighted by molar-refractivity contribution is 0.407. The van der Waals surface area contributed by atoms with Crippen molar-refractivity contribution in [1.82, 2.24) is 30.0 Å². The van der Waals surface area contributed by atoms with Crippen LogP contribution in [0.4, 0.5) is 0 Å². The third kappa shape index (κ3) is 2.64. The first-order valence-electron chi connectivity index (χ1n) is 9.55. The molecule has 29 heavy (non-hydrogen) atoms. The summed E-state index contributed by atoms with van der Waals surface area (Å²) in [6.45, 7) is 3.59. The number of pyridine rings is 2. The van der Waals surface area contributed by atoms with Crippen molar-refractivity contribution in [1.29, 1.82) is 0 Å². The van der Waals surface area contributed by atoms with Gasteiger partial charge in [-0.05, 0) is 24.6 Å². The monoisotopic (exact) mass is 390 g/mol. The number of hydrazine groups is 1. The van der Waals surface area contributed by atoms with Crippen molar-refractivity contribution in [2.75, 3.05) is 20.2 Å². The lowest BCUT2D eigenvalue weighted by atomic mass is 9.96. The molecule has 5 rings (SSSR count). The minimum Gasteiger partial charge on any atom is -0.496 e. The first kappa shape index (κ1) is 17.8. The predicted molar refractivity (Wildman–Crippen MR) is 112 cm³/mol. The van der Waals surface area contributed by atoms with E-state index in [2.05, 4.69) is 26.9 Å². The Kier molecular flexibility index (Phi) is 4.11. The van der Waals surface area contributed by atoms with Crippen molar-refractivity contribution >= 4 is 21.9 Å². The molecule has 0 aliphatic carbocycles. The fourth-order valence-electron chi connectivity index (χ4n) is 4.16. The largest absolute Gasteiger partial charge is 0.496 e. The summed E-state index contributed by atoms with van der Waals surface area (Å²) in [5, 5.41) is 0.930. The summed E-state index contributed by atoms with van der Waals surface area (Å²) in [4.78, 5) is 22.0. The van der Waals surface area contributed by atoms with Crippen LogP contribution in [0.2, 0.25) is 0 Å². The van der Waals surface area contributed by atoms with E-state index < -0.39 is 0 Å². The van der Waals surface area contributed by atoms with Crippen LogP contribution in [0.5, 0.6) is 5.75 Å². The number of hydrogen-bond acceptors (Lipinski definition) is 6. The van der Waals surface area contributed by atoms with E-state index >= 15 is 0 Å².